The molecule has 0 N–H and O–H groups in total. The van der Waals surface area contributed by atoms with Crippen LogP contribution < -0.4 is 0 Å². The van der Waals surface area contributed by atoms with E-state index in [1.54, 1.807) is 19.6 Å². The summed E-state index contributed by atoms with van der Waals surface area (Å²) < 4.78 is 10.2. The topological polar surface area (TPSA) is 35.3 Å². The third-order valence-corrected chi connectivity index (χ3v) is 1.73. The summed E-state index contributed by atoms with van der Waals surface area (Å²) in [5.74, 6) is 0. The van der Waals surface area contributed by atoms with Crippen molar-refractivity contribution in [3.05, 3.63) is 30.2 Å². The normalized spacial score (nSPS) is 10.8. The summed E-state index contributed by atoms with van der Waals surface area (Å²) in [7, 11) is 1.66. The highest BCUT2D eigenvalue weighted by molar-refractivity contribution is 5.76. The van der Waals surface area contributed by atoms with Gasteiger partial charge < -0.3 is 9.15 Å². The van der Waals surface area contributed by atoms with Crippen LogP contribution in [0.2, 0.25) is 0 Å². The molecule has 62 valence electrons. The SMILES string of the molecule is COCc1coc2ncccc12. The lowest BCUT2D eigenvalue weighted by Crippen LogP contribution is -1.84. The molecule has 0 fully saturated rings. The van der Waals surface area contributed by atoms with Crippen molar-refractivity contribution in [2.75, 3.05) is 7.11 Å². The fourth-order valence-electron chi connectivity index (χ4n) is 1.19. The summed E-state index contributed by atoms with van der Waals surface area (Å²) in [5, 5.41) is 1.03. The average Bonchev–Trinajstić information content (AvgIpc) is 2.50. The molecule has 3 nitrogen and oxygen atoms in total. The molecular formula is C9H9NO2. The van der Waals surface area contributed by atoms with Gasteiger partial charge in [0, 0.05) is 24.3 Å². The quantitative estimate of drug-likeness (QED) is 0.679. The number of methoxy groups -OCH3 is 1. The lowest BCUT2D eigenvalue weighted by molar-refractivity contribution is 0.185. The van der Waals surface area contributed by atoms with E-state index in [0.717, 1.165) is 10.9 Å². The summed E-state index contributed by atoms with van der Waals surface area (Å²) in [6, 6.07) is 3.86. The molecule has 0 saturated heterocycles. The molecule has 2 heterocycles. The first-order valence-corrected chi connectivity index (χ1v) is 3.72. The molecule has 0 unspecified atom stereocenters. The first kappa shape index (κ1) is 7.31. The Bertz CT molecular complexity index is 381. The van der Waals surface area contributed by atoms with Crippen LogP contribution in [0.3, 0.4) is 0 Å². The molecule has 0 aliphatic carbocycles. The van der Waals surface area contributed by atoms with Gasteiger partial charge in [0.05, 0.1) is 12.9 Å². The molecule has 0 saturated carbocycles. The summed E-state index contributed by atoms with van der Waals surface area (Å²) in [6.45, 7) is 0.568. The molecule has 0 aliphatic heterocycles. The maximum absolute atomic E-state index is 5.21. The third-order valence-electron chi connectivity index (χ3n) is 1.73. The lowest BCUT2D eigenvalue weighted by atomic mass is 10.2. The van der Waals surface area contributed by atoms with Gasteiger partial charge in [-0.25, -0.2) is 4.98 Å². The zero-order valence-electron chi connectivity index (χ0n) is 6.78. The Morgan fingerprint density at radius 1 is 1.58 bits per heavy atom. The predicted octanol–water partition coefficient (Wildman–Crippen LogP) is 1.97. The van der Waals surface area contributed by atoms with Gasteiger partial charge in [-0.1, -0.05) is 0 Å². The van der Waals surface area contributed by atoms with E-state index in [-0.39, 0.29) is 0 Å². The Labute approximate surface area is 70.0 Å². The number of nitrogens with zero attached hydrogens (tertiary/aromatic N) is 1. The molecule has 2 aromatic heterocycles. The highest BCUT2D eigenvalue weighted by atomic mass is 16.5. The Balaban J connectivity index is 2.55. The second kappa shape index (κ2) is 2.95. The van der Waals surface area contributed by atoms with E-state index in [9.17, 15) is 0 Å². The van der Waals surface area contributed by atoms with Gasteiger partial charge in [0.15, 0.2) is 0 Å². The fraction of sp³-hybridized carbons (Fsp3) is 0.222. The molecule has 0 atom stereocenters. The van der Waals surface area contributed by atoms with E-state index in [0.29, 0.717) is 12.3 Å². The zero-order chi connectivity index (χ0) is 8.39. The third kappa shape index (κ3) is 1.08. The molecule has 3 heteroatoms. The van der Waals surface area contributed by atoms with Crippen molar-refractivity contribution in [1.82, 2.24) is 4.98 Å². The predicted molar refractivity (Wildman–Crippen MR) is 44.7 cm³/mol. The van der Waals surface area contributed by atoms with Gasteiger partial charge in [-0.15, -0.1) is 0 Å². The molecule has 2 rings (SSSR count). The molecule has 0 spiro atoms. The Morgan fingerprint density at radius 2 is 2.50 bits per heavy atom. The van der Waals surface area contributed by atoms with Crippen LogP contribution in [-0.4, -0.2) is 12.1 Å². The Hall–Kier alpha value is -1.35. The van der Waals surface area contributed by atoms with Crippen LogP contribution in [0.1, 0.15) is 5.56 Å². The highest BCUT2D eigenvalue weighted by Gasteiger charge is 2.04. The number of ether oxygens (including phenoxy) is 1. The monoisotopic (exact) mass is 163 g/mol. The highest BCUT2D eigenvalue weighted by Crippen LogP contribution is 2.18. The Kier molecular flexibility index (Phi) is 1.80. The van der Waals surface area contributed by atoms with E-state index in [1.807, 2.05) is 12.1 Å². The van der Waals surface area contributed by atoms with E-state index in [4.69, 9.17) is 9.15 Å². The maximum atomic E-state index is 5.21. The van der Waals surface area contributed by atoms with Crippen molar-refractivity contribution in [2.24, 2.45) is 0 Å². The van der Waals surface area contributed by atoms with Crippen molar-refractivity contribution >= 4 is 11.1 Å². The number of rotatable bonds is 2. The molecule has 0 amide bonds. The average molecular weight is 163 g/mol. The van der Waals surface area contributed by atoms with Gasteiger partial charge in [-0.2, -0.15) is 0 Å². The zero-order valence-corrected chi connectivity index (χ0v) is 6.78. The van der Waals surface area contributed by atoms with Crippen molar-refractivity contribution in [3.63, 3.8) is 0 Å². The van der Waals surface area contributed by atoms with Crippen LogP contribution in [-0.2, 0) is 11.3 Å². The minimum Gasteiger partial charge on any atom is -0.446 e. The first-order valence-electron chi connectivity index (χ1n) is 3.72. The molecule has 0 bridgehead atoms. The molecule has 0 aromatic carbocycles. The van der Waals surface area contributed by atoms with Crippen LogP contribution in [0.25, 0.3) is 11.1 Å². The van der Waals surface area contributed by atoms with Gasteiger partial charge in [0.25, 0.3) is 0 Å². The summed E-state index contributed by atoms with van der Waals surface area (Å²) >= 11 is 0. The van der Waals surface area contributed by atoms with E-state index >= 15 is 0 Å². The van der Waals surface area contributed by atoms with Crippen molar-refractivity contribution < 1.29 is 9.15 Å². The van der Waals surface area contributed by atoms with Crippen LogP contribution in [0.15, 0.2) is 29.0 Å². The van der Waals surface area contributed by atoms with Crippen LogP contribution in [0, 0.1) is 0 Å². The summed E-state index contributed by atoms with van der Waals surface area (Å²) in [4.78, 5) is 4.06. The Morgan fingerprint density at radius 3 is 3.33 bits per heavy atom. The lowest BCUT2D eigenvalue weighted by Gasteiger charge is -1.92. The molecule has 0 radical (unpaired) electrons. The molecule has 12 heavy (non-hydrogen) atoms. The van der Waals surface area contributed by atoms with Crippen LogP contribution in [0.4, 0.5) is 0 Å². The fourth-order valence-corrected chi connectivity index (χ4v) is 1.19. The van der Waals surface area contributed by atoms with Gasteiger partial charge in [0.2, 0.25) is 5.71 Å². The van der Waals surface area contributed by atoms with Gasteiger partial charge in [0.1, 0.15) is 0 Å². The van der Waals surface area contributed by atoms with Crippen molar-refractivity contribution in [2.45, 2.75) is 6.61 Å². The van der Waals surface area contributed by atoms with E-state index in [2.05, 4.69) is 4.98 Å². The number of hydrogen-bond donors (Lipinski definition) is 0. The number of fused-ring (bicyclic) bond motifs is 1. The molecular weight excluding hydrogens is 154 g/mol. The maximum Gasteiger partial charge on any atom is 0.226 e. The van der Waals surface area contributed by atoms with E-state index < -0.39 is 0 Å². The first-order chi connectivity index (χ1) is 5.92. The number of aromatic nitrogens is 1. The second-order valence-electron chi connectivity index (χ2n) is 2.55. The van der Waals surface area contributed by atoms with Gasteiger partial charge in [-0.05, 0) is 12.1 Å². The second-order valence-corrected chi connectivity index (χ2v) is 2.55. The number of furan rings is 1. The molecule has 2 aromatic rings. The van der Waals surface area contributed by atoms with Gasteiger partial charge in [-0.3, -0.25) is 0 Å². The van der Waals surface area contributed by atoms with Crippen molar-refractivity contribution in [3.8, 4) is 0 Å². The van der Waals surface area contributed by atoms with Gasteiger partial charge >= 0.3 is 0 Å². The van der Waals surface area contributed by atoms with Crippen molar-refractivity contribution in [1.29, 1.82) is 0 Å². The number of pyridine rings is 1. The van der Waals surface area contributed by atoms with E-state index in [1.165, 1.54) is 0 Å². The minimum absolute atomic E-state index is 0.568. The standard InChI is InChI=1S/C9H9NO2/c1-11-5-7-6-12-9-8(7)3-2-4-10-9/h2-4,6H,5H2,1H3. The number of hydrogen-bond acceptors (Lipinski definition) is 3. The largest absolute Gasteiger partial charge is 0.446 e. The van der Waals surface area contributed by atoms with Crippen LogP contribution in [0.5, 0.6) is 0 Å². The summed E-state index contributed by atoms with van der Waals surface area (Å²) in [5.41, 5.74) is 1.71. The minimum atomic E-state index is 0.568. The van der Waals surface area contributed by atoms with Crippen LogP contribution >= 0.6 is 0 Å². The molecule has 0 aliphatic rings. The smallest absolute Gasteiger partial charge is 0.226 e. The summed E-state index contributed by atoms with van der Waals surface area (Å²) in [6.07, 6.45) is 3.39.